The molecule has 2 unspecified atom stereocenters. The van der Waals surface area contributed by atoms with E-state index in [1.165, 1.54) is 327 Å². The molecule has 0 spiro atoms. The Bertz CT molecular complexity index is 1330. The van der Waals surface area contributed by atoms with E-state index in [4.69, 9.17) is 4.74 Å². The summed E-state index contributed by atoms with van der Waals surface area (Å²) in [5.41, 5.74) is 0. The fourth-order valence-electron chi connectivity index (χ4n) is 11.7. The molecule has 0 aromatic carbocycles. The maximum atomic E-state index is 12.6. The van der Waals surface area contributed by atoms with E-state index in [2.05, 4.69) is 55.6 Å². The molecule has 0 saturated heterocycles. The quantitative estimate of drug-likeness (QED) is 0.0320. The predicted octanol–water partition coefficient (Wildman–Crippen LogP) is 24.3. The van der Waals surface area contributed by atoms with Crippen LogP contribution in [0.4, 0.5) is 0 Å². The van der Waals surface area contributed by atoms with Gasteiger partial charge in [-0.25, -0.2) is 0 Å². The highest BCUT2D eigenvalue weighted by atomic mass is 16.5. The number of ether oxygens (including phenoxy) is 1. The van der Waals surface area contributed by atoms with Crippen LogP contribution in [0, 0.1) is 0 Å². The van der Waals surface area contributed by atoms with E-state index in [1.807, 2.05) is 0 Å². The van der Waals surface area contributed by atoms with Crippen molar-refractivity contribution in [2.75, 3.05) is 13.2 Å². The van der Waals surface area contributed by atoms with E-state index < -0.39 is 12.1 Å². The third-order valence-corrected chi connectivity index (χ3v) is 17.4. The first-order valence-corrected chi connectivity index (χ1v) is 37.2. The second kappa shape index (κ2) is 71.6. The van der Waals surface area contributed by atoms with Crippen molar-refractivity contribution in [2.24, 2.45) is 0 Å². The van der Waals surface area contributed by atoms with Crippen LogP contribution in [0.5, 0.6) is 0 Å². The molecule has 0 aliphatic rings. The van der Waals surface area contributed by atoms with Gasteiger partial charge in [0.05, 0.1) is 25.4 Å². The minimum absolute atomic E-state index is 0.00648. The Hall–Kier alpha value is -1.92. The molecular weight excluding hydrogens is 1010 g/mol. The van der Waals surface area contributed by atoms with Crippen LogP contribution in [-0.2, 0) is 14.3 Å². The lowest BCUT2D eigenvalue weighted by Gasteiger charge is -2.22. The van der Waals surface area contributed by atoms with Crippen LogP contribution in [-0.4, -0.2) is 47.4 Å². The second-order valence-electron chi connectivity index (χ2n) is 25.6. The maximum absolute atomic E-state index is 12.6. The SMILES string of the molecule is CCCCCCCC/C=C\CCCCCCCCCC(=O)OCCCCCCCCCCC/C=C\C/C=C\CCCCCCCCCCCC(=O)NC(CO)C(O)CCCCCCCCCCCCCCCCCCCCCCCCC. The molecule has 0 rings (SSSR count). The summed E-state index contributed by atoms with van der Waals surface area (Å²) in [7, 11) is 0. The van der Waals surface area contributed by atoms with Crippen molar-refractivity contribution < 1.29 is 24.5 Å². The molecule has 0 aromatic rings. The largest absolute Gasteiger partial charge is 0.466 e. The van der Waals surface area contributed by atoms with Gasteiger partial charge in [-0.2, -0.15) is 0 Å². The van der Waals surface area contributed by atoms with E-state index in [0.717, 1.165) is 51.4 Å². The number of hydrogen-bond acceptors (Lipinski definition) is 5. The fraction of sp³-hybridized carbons (Fsp3) is 0.895. The molecule has 6 heteroatoms. The zero-order chi connectivity index (χ0) is 59.2. The van der Waals surface area contributed by atoms with Crippen molar-refractivity contribution in [2.45, 2.75) is 424 Å². The van der Waals surface area contributed by atoms with Crippen molar-refractivity contribution in [1.29, 1.82) is 0 Å². The van der Waals surface area contributed by atoms with Gasteiger partial charge < -0.3 is 20.3 Å². The Balaban J connectivity index is 3.42. The predicted molar refractivity (Wildman–Crippen MR) is 361 cm³/mol. The van der Waals surface area contributed by atoms with Crippen LogP contribution in [0.3, 0.4) is 0 Å². The summed E-state index contributed by atoms with van der Waals surface area (Å²) < 4.78 is 5.50. The third-order valence-electron chi connectivity index (χ3n) is 17.4. The lowest BCUT2D eigenvalue weighted by atomic mass is 10.0. The second-order valence-corrected chi connectivity index (χ2v) is 25.6. The van der Waals surface area contributed by atoms with Gasteiger partial charge >= 0.3 is 5.97 Å². The summed E-state index contributed by atoms with van der Waals surface area (Å²) in [4.78, 5) is 24.7. The van der Waals surface area contributed by atoms with E-state index >= 15 is 0 Å². The van der Waals surface area contributed by atoms with Crippen molar-refractivity contribution in [3.8, 4) is 0 Å². The average molecular weight is 1150 g/mol. The zero-order valence-corrected chi connectivity index (χ0v) is 55.5. The first kappa shape index (κ1) is 80.1. The number of carbonyl (C=O) groups is 2. The molecule has 1 amide bonds. The molecule has 0 fully saturated rings. The lowest BCUT2D eigenvalue weighted by Crippen LogP contribution is -2.45. The van der Waals surface area contributed by atoms with Gasteiger partial charge in [-0.15, -0.1) is 0 Å². The molecule has 484 valence electrons. The summed E-state index contributed by atoms with van der Waals surface area (Å²) in [6.45, 7) is 4.98. The van der Waals surface area contributed by atoms with Crippen LogP contribution >= 0.6 is 0 Å². The highest BCUT2D eigenvalue weighted by Gasteiger charge is 2.20. The number of unbranched alkanes of at least 4 members (excludes halogenated alkanes) is 53. The normalized spacial score (nSPS) is 12.7. The van der Waals surface area contributed by atoms with Gasteiger partial charge in [0.25, 0.3) is 0 Å². The first-order chi connectivity index (χ1) is 40.5. The van der Waals surface area contributed by atoms with Crippen molar-refractivity contribution in [3.05, 3.63) is 36.5 Å². The molecule has 0 saturated carbocycles. The number of rotatable bonds is 70. The molecule has 0 aliphatic carbocycles. The maximum Gasteiger partial charge on any atom is 0.305 e. The van der Waals surface area contributed by atoms with Gasteiger partial charge in [0.1, 0.15) is 0 Å². The Morgan fingerprint density at radius 2 is 0.610 bits per heavy atom. The molecule has 0 aromatic heterocycles. The lowest BCUT2D eigenvalue weighted by molar-refractivity contribution is -0.143. The molecule has 0 bridgehead atoms. The minimum atomic E-state index is -0.670. The number of hydrogen-bond donors (Lipinski definition) is 3. The third kappa shape index (κ3) is 67.2. The van der Waals surface area contributed by atoms with Crippen LogP contribution in [0.25, 0.3) is 0 Å². The molecule has 2 atom stereocenters. The zero-order valence-electron chi connectivity index (χ0n) is 55.5. The number of carbonyl (C=O) groups excluding carboxylic acids is 2. The van der Waals surface area contributed by atoms with Crippen LogP contribution in [0.1, 0.15) is 412 Å². The Kier molecular flexibility index (Phi) is 69.9. The number of nitrogens with one attached hydrogen (secondary N) is 1. The van der Waals surface area contributed by atoms with Crippen LogP contribution in [0.2, 0.25) is 0 Å². The van der Waals surface area contributed by atoms with Gasteiger partial charge in [-0.05, 0) is 83.5 Å². The van der Waals surface area contributed by atoms with E-state index in [0.29, 0.717) is 25.9 Å². The van der Waals surface area contributed by atoms with Crippen molar-refractivity contribution in [1.82, 2.24) is 5.32 Å². The summed E-state index contributed by atoms with van der Waals surface area (Å²) in [6, 6.07) is -0.548. The van der Waals surface area contributed by atoms with Gasteiger partial charge in [0.2, 0.25) is 5.91 Å². The highest BCUT2D eigenvalue weighted by Crippen LogP contribution is 2.19. The Morgan fingerprint density at radius 3 is 0.939 bits per heavy atom. The molecule has 0 heterocycles. The molecule has 6 nitrogen and oxygen atoms in total. The minimum Gasteiger partial charge on any atom is -0.466 e. The molecule has 0 aliphatic heterocycles. The molecule has 82 heavy (non-hydrogen) atoms. The van der Waals surface area contributed by atoms with Gasteiger partial charge in [-0.3, -0.25) is 9.59 Å². The first-order valence-electron chi connectivity index (χ1n) is 37.2. The summed E-state index contributed by atoms with van der Waals surface area (Å²) in [5, 5.41) is 23.4. The number of esters is 1. The van der Waals surface area contributed by atoms with E-state index in [9.17, 15) is 19.8 Å². The summed E-state index contributed by atoms with van der Waals surface area (Å²) in [5.74, 6) is -0.0303. The topological polar surface area (TPSA) is 95.9 Å². The van der Waals surface area contributed by atoms with E-state index in [-0.39, 0.29) is 18.5 Å². The number of aliphatic hydroxyl groups excluding tert-OH is 2. The number of amides is 1. The van der Waals surface area contributed by atoms with Gasteiger partial charge in [0, 0.05) is 12.8 Å². The van der Waals surface area contributed by atoms with Crippen molar-refractivity contribution in [3.63, 3.8) is 0 Å². The highest BCUT2D eigenvalue weighted by molar-refractivity contribution is 5.76. The number of allylic oxidation sites excluding steroid dienone is 6. The molecule has 3 N–H and O–H groups in total. The Morgan fingerprint density at radius 1 is 0.341 bits per heavy atom. The summed E-state index contributed by atoms with van der Waals surface area (Å²) in [6.07, 6.45) is 92.0. The van der Waals surface area contributed by atoms with E-state index in [1.54, 1.807) is 0 Å². The summed E-state index contributed by atoms with van der Waals surface area (Å²) >= 11 is 0. The smallest absolute Gasteiger partial charge is 0.305 e. The standard InChI is InChI=1S/C76H145NO5/c1-3-5-7-9-11-13-15-17-19-21-22-23-27-30-33-37-40-44-48-52-56-60-64-68-74(79)73(72-78)77-75(80)69-65-61-57-53-49-45-41-38-34-31-28-25-24-26-29-32-35-39-43-47-51-55-59-63-67-71-82-76(81)70-66-62-58-54-50-46-42-36-20-18-16-14-12-10-8-6-4-2/h18,20,25-26,28-29,73-74,78-79H,3-17,19,21-24,27,30-72H2,1-2H3,(H,77,80)/b20-18-,28-25-,29-26-. The van der Waals surface area contributed by atoms with Crippen molar-refractivity contribution >= 4 is 11.9 Å². The van der Waals surface area contributed by atoms with Gasteiger partial charge in [-0.1, -0.05) is 352 Å². The van der Waals surface area contributed by atoms with Crippen LogP contribution in [0.15, 0.2) is 36.5 Å². The number of aliphatic hydroxyl groups is 2. The van der Waals surface area contributed by atoms with Gasteiger partial charge in [0.15, 0.2) is 0 Å². The monoisotopic (exact) mass is 1150 g/mol. The molecular formula is C76H145NO5. The van der Waals surface area contributed by atoms with Crippen LogP contribution < -0.4 is 5.32 Å². The fourth-order valence-corrected chi connectivity index (χ4v) is 11.7. The average Bonchev–Trinajstić information content (AvgIpc) is 3.48. The Labute approximate surface area is 513 Å². The molecule has 0 radical (unpaired) electrons.